The molecule has 6 aromatic carbocycles. The van der Waals surface area contributed by atoms with Gasteiger partial charge in [0, 0.05) is 0 Å². The predicted octanol–water partition coefficient (Wildman–Crippen LogP) is 3.55. The van der Waals surface area contributed by atoms with Crippen molar-refractivity contribution in [2.24, 2.45) is 0 Å². The van der Waals surface area contributed by atoms with E-state index in [1.54, 1.807) is 0 Å². The SMILES string of the molecule is CCc1cc2c(-c3ccccc3)cccc2[cH-]1.CCc1cc2c(-c3ccccc3)cccc2[cH-]1.[CH2]=[Zr+2].[Cl-].[Cl-]. The summed E-state index contributed by atoms with van der Waals surface area (Å²) < 4.78 is 3.34. The quantitative estimate of drug-likeness (QED) is 0.267. The van der Waals surface area contributed by atoms with Gasteiger partial charge in [-0.15, -0.1) is 69.1 Å². The maximum absolute atomic E-state index is 3.34. The van der Waals surface area contributed by atoms with Crippen LogP contribution in [0, 0.1) is 0 Å². The number of fused-ring (bicyclic) bond motifs is 2. The predicted molar refractivity (Wildman–Crippen MR) is 156 cm³/mol. The normalized spacial score (nSPS) is 9.89. The molecule has 0 amide bonds. The van der Waals surface area contributed by atoms with Gasteiger partial charge in [0.05, 0.1) is 0 Å². The zero-order valence-electron chi connectivity index (χ0n) is 21.9. The number of benzene rings is 4. The molecule has 0 saturated carbocycles. The third-order valence-corrected chi connectivity index (χ3v) is 6.61. The summed E-state index contributed by atoms with van der Waals surface area (Å²) in [4.78, 5) is 0. The van der Waals surface area contributed by atoms with Crippen LogP contribution in [0.4, 0.5) is 0 Å². The van der Waals surface area contributed by atoms with E-state index in [1.165, 1.54) is 79.2 Å². The van der Waals surface area contributed by atoms with E-state index < -0.39 is 0 Å². The molecule has 192 valence electrons. The van der Waals surface area contributed by atoms with Crippen LogP contribution < -0.4 is 24.8 Å². The molecule has 0 aromatic heterocycles. The first-order valence-corrected chi connectivity index (χ1v) is 14.3. The molecule has 0 aliphatic heterocycles. The molecule has 0 bridgehead atoms. The molecule has 38 heavy (non-hydrogen) atoms. The molecule has 0 atom stereocenters. The monoisotopic (exact) mass is 612 g/mol. The molecule has 0 heterocycles. The number of aryl methyl sites for hydroxylation is 2. The summed E-state index contributed by atoms with van der Waals surface area (Å²) in [6.45, 7) is 4.41. The minimum Gasteiger partial charge on any atom is -1.00 e. The number of hydrogen-bond acceptors (Lipinski definition) is 0. The van der Waals surface area contributed by atoms with Crippen LogP contribution in [0.1, 0.15) is 25.0 Å². The van der Waals surface area contributed by atoms with Crippen LogP contribution in [0.2, 0.25) is 0 Å². The summed E-state index contributed by atoms with van der Waals surface area (Å²) in [6.07, 6.45) is 2.20. The van der Waals surface area contributed by atoms with E-state index in [2.05, 4.69) is 139 Å². The van der Waals surface area contributed by atoms with E-state index in [-0.39, 0.29) is 24.8 Å². The van der Waals surface area contributed by atoms with Crippen LogP contribution in [0.25, 0.3) is 43.8 Å². The first-order chi connectivity index (χ1) is 17.8. The van der Waals surface area contributed by atoms with Gasteiger partial charge in [-0.05, 0) is 24.0 Å². The van der Waals surface area contributed by atoms with Gasteiger partial charge in [-0.3, -0.25) is 0 Å². The van der Waals surface area contributed by atoms with Crippen molar-refractivity contribution in [3.8, 4) is 22.3 Å². The van der Waals surface area contributed by atoms with Gasteiger partial charge >= 0.3 is 28.4 Å². The summed E-state index contributed by atoms with van der Waals surface area (Å²) in [6, 6.07) is 43.5. The average Bonchev–Trinajstić information content (AvgIpc) is 3.59. The van der Waals surface area contributed by atoms with Crippen molar-refractivity contribution in [1.82, 2.24) is 0 Å². The molecule has 0 N–H and O–H groups in total. The van der Waals surface area contributed by atoms with E-state index in [0.717, 1.165) is 12.8 Å². The first kappa shape index (κ1) is 31.6. The zero-order chi connectivity index (χ0) is 25.3. The molecule has 0 aliphatic carbocycles. The fourth-order valence-electron chi connectivity index (χ4n) is 4.74. The molecule has 6 rings (SSSR count). The Balaban J connectivity index is 0.000000239. The first-order valence-electron chi connectivity index (χ1n) is 12.6. The Kier molecular flexibility index (Phi) is 13.1. The summed E-state index contributed by atoms with van der Waals surface area (Å²) in [5, 5.41) is 5.44. The molecular weight excluding hydrogens is 583 g/mol. The minimum absolute atomic E-state index is 0. The van der Waals surface area contributed by atoms with Crippen molar-refractivity contribution >= 4 is 25.8 Å². The van der Waals surface area contributed by atoms with Crippen LogP contribution in [-0.2, 0) is 37.1 Å². The second kappa shape index (κ2) is 15.8. The molecule has 0 aliphatic rings. The minimum atomic E-state index is 0. The van der Waals surface area contributed by atoms with Crippen LogP contribution in [0.3, 0.4) is 0 Å². The summed E-state index contributed by atoms with van der Waals surface area (Å²) in [5.41, 5.74) is 8.11. The zero-order valence-corrected chi connectivity index (χ0v) is 25.9. The summed E-state index contributed by atoms with van der Waals surface area (Å²) >= 11 is 1.30. The Morgan fingerprint density at radius 2 is 0.895 bits per heavy atom. The van der Waals surface area contributed by atoms with Crippen molar-refractivity contribution in [3.05, 3.63) is 132 Å². The number of hydrogen-bond donors (Lipinski definition) is 0. The van der Waals surface area contributed by atoms with Gasteiger partial charge in [-0.2, -0.15) is 12.1 Å². The number of rotatable bonds is 4. The Hall–Kier alpha value is -2.57. The smallest absolute Gasteiger partial charge is 1.00 e. The van der Waals surface area contributed by atoms with Gasteiger partial charge < -0.3 is 24.8 Å². The maximum atomic E-state index is 3.34. The molecule has 0 spiro atoms. The van der Waals surface area contributed by atoms with Gasteiger partial charge in [0.2, 0.25) is 0 Å². The van der Waals surface area contributed by atoms with Crippen molar-refractivity contribution < 1.29 is 49.0 Å². The van der Waals surface area contributed by atoms with Crippen molar-refractivity contribution in [3.63, 3.8) is 0 Å². The van der Waals surface area contributed by atoms with Gasteiger partial charge in [-0.25, -0.2) is 0 Å². The molecule has 0 fully saturated rings. The molecule has 3 heteroatoms. The van der Waals surface area contributed by atoms with Gasteiger partial charge in [0.1, 0.15) is 0 Å². The Morgan fingerprint density at radius 1 is 0.526 bits per heavy atom. The Bertz CT molecular complexity index is 1410. The molecule has 0 saturated heterocycles. The summed E-state index contributed by atoms with van der Waals surface area (Å²) in [7, 11) is 0. The van der Waals surface area contributed by atoms with Crippen LogP contribution in [-0.4, -0.2) is 4.21 Å². The van der Waals surface area contributed by atoms with Gasteiger partial charge in [-0.1, -0.05) is 97.8 Å². The Morgan fingerprint density at radius 3 is 1.24 bits per heavy atom. The largest absolute Gasteiger partial charge is 1.00 e. The van der Waals surface area contributed by atoms with E-state index in [1.807, 2.05) is 0 Å². The molecule has 0 radical (unpaired) electrons. The third kappa shape index (κ3) is 7.29. The van der Waals surface area contributed by atoms with Crippen LogP contribution in [0.15, 0.2) is 121 Å². The van der Waals surface area contributed by atoms with Gasteiger partial charge in [0.25, 0.3) is 0 Å². The van der Waals surface area contributed by atoms with E-state index in [4.69, 9.17) is 0 Å². The molecule has 0 nitrogen and oxygen atoms in total. The topological polar surface area (TPSA) is 0 Å². The second-order valence-corrected chi connectivity index (χ2v) is 8.78. The van der Waals surface area contributed by atoms with Crippen LogP contribution >= 0.6 is 0 Å². The number of halogens is 2. The molecule has 6 aromatic rings. The fraction of sp³-hybridized carbons (Fsp3) is 0.114. The maximum Gasteiger partial charge on any atom is -1.00 e. The van der Waals surface area contributed by atoms with Crippen LogP contribution in [0.5, 0.6) is 0 Å². The fourth-order valence-corrected chi connectivity index (χ4v) is 4.74. The van der Waals surface area contributed by atoms with E-state index in [0.29, 0.717) is 0 Å². The second-order valence-electron chi connectivity index (χ2n) is 8.78. The molecular formula is C35H32Cl2Zr-2. The average molecular weight is 615 g/mol. The van der Waals surface area contributed by atoms with Gasteiger partial charge in [0.15, 0.2) is 0 Å². The summed E-state index contributed by atoms with van der Waals surface area (Å²) in [5.74, 6) is 0. The van der Waals surface area contributed by atoms with Crippen molar-refractivity contribution in [2.45, 2.75) is 26.7 Å². The van der Waals surface area contributed by atoms with E-state index in [9.17, 15) is 0 Å². The van der Waals surface area contributed by atoms with Crippen molar-refractivity contribution in [2.75, 3.05) is 0 Å². The standard InChI is InChI=1S/2C17H15.CH2.2ClH.Zr/c2*1-2-13-11-15-9-6-10-16(17(15)12-13)14-7-4-3-5-8-14;;;;/h2*3-12H,2H2,1H3;1H2;2*1H;/q2*-1;;;;+2/p-2. The van der Waals surface area contributed by atoms with Crippen molar-refractivity contribution in [1.29, 1.82) is 0 Å². The Labute approximate surface area is 254 Å². The third-order valence-electron chi connectivity index (χ3n) is 6.61. The van der Waals surface area contributed by atoms with E-state index >= 15 is 0 Å². The molecule has 0 unspecified atom stereocenters.